The minimum atomic E-state index is -4.80. The molecule has 0 saturated carbocycles. The Hall–Kier alpha value is -1.83. The summed E-state index contributed by atoms with van der Waals surface area (Å²) >= 11 is 0. The highest BCUT2D eigenvalue weighted by atomic mass is 19.4. The van der Waals surface area contributed by atoms with Gasteiger partial charge < -0.3 is 10.8 Å². The Morgan fingerprint density at radius 3 is 2.69 bits per heavy atom. The van der Waals surface area contributed by atoms with Gasteiger partial charge in [-0.3, -0.25) is 0 Å². The summed E-state index contributed by atoms with van der Waals surface area (Å²) in [5.74, 6) is 0. The van der Waals surface area contributed by atoms with Crippen LogP contribution in [0, 0.1) is 0 Å². The predicted octanol–water partition coefficient (Wildman–Crippen LogP) is 1.07. The van der Waals surface area contributed by atoms with Gasteiger partial charge in [-0.15, -0.1) is 5.10 Å². The highest BCUT2D eigenvalue weighted by Gasteiger charge is 2.41. The topological polar surface area (TPSA) is 77.0 Å². The Balaban J connectivity index is 2.57. The molecule has 0 aliphatic rings. The van der Waals surface area contributed by atoms with Crippen LogP contribution in [0.2, 0.25) is 0 Å². The lowest BCUT2D eigenvalue weighted by molar-refractivity contribution is -0.234. The Kier molecular flexibility index (Phi) is 2.23. The van der Waals surface area contributed by atoms with Gasteiger partial charge in [0.1, 0.15) is 5.52 Å². The minimum absolute atomic E-state index is 0.0322. The van der Waals surface area contributed by atoms with Gasteiger partial charge in [0.2, 0.25) is 6.23 Å². The summed E-state index contributed by atoms with van der Waals surface area (Å²) in [5, 5.41) is 15.8. The van der Waals surface area contributed by atoms with E-state index in [9.17, 15) is 13.2 Å². The van der Waals surface area contributed by atoms with Crippen LogP contribution in [0.5, 0.6) is 0 Å². The number of anilines is 1. The number of hydrogen-bond acceptors (Lipinski definition) is 4. The van der Waals surface area contributed by atoms with Crippen molar-refractivity contribution in [3.05, 3.63) is 18.2 Å². The van der Waals surface area contributed by atoms with E-state index in [1.807, 2.05) is 0 Å². The normalized spacial score (nSPS) is 14.2. The van der Waals surface area contributed by atoms with Crippen LogP contribution in [-0.2, 0) is 0 Å². The van der Waals surface area contributed by atoms with Crippen molar-refractivity contribution in [2.24, 2.45) is 0 Å². The summed E-state index contributed by atoms with van der Waals surface area (Å²) in [5.41, 5.74) is 5.96. The van der Waals surface area contributed by atoms with Crippen molar-refractivity contribution < 1.29 is 18.3 Å². The summed E-state index contributed by atoms with van der Waals surface area (Å²) in [7, 11) is 0. The molecular formula is C8H7F3N4O. The molecule has 1 atom stereocenters. The zero-order valence-electron chi connectivity index (χ0n) is 7.81. The number of halogens is 3. The first-order valence-corrected chi connectivity index (χ1v) is 4.25. The molecule has 1 aromatic carbocycles. The number of aliphatic hydroxyl groups excluding tert-OH is 1. The number of nitrogen functional groups attached to an aromatic ring is 1. The van der Waals surface area contributed by atoms with Crippen LogP contribution in [0.1, 0.15) is 6.23 Å². The number of benzene rings is 1. The van der Waals surface area contributed by atoms with Crippen LogP contribution >= 0.6 is 0 Å². The number of hydrogen-bond donors (Lipinski definition) is 2. The van der Waals surface area contributed by atoms with Crippen molar-refractivity contribution in [1.82, 2.24) is 15.0 Å². The lowest BCUT2D eigenvalue weighted by Crippen LogP contribution is -2.27. The molecule has 1 unspecified atom stereocenters. The molecule has 0 aliphatic carbocycles. The third-order valence-corrected chi connectivity index (χ3v) is 2.02. The maximum Gasteiger partial charge on any atom is 0.435 e. The van der Waals surface area contributed by atoms with Crippen molar-refractivity contribution in [3.8, 4) is 0 Å². The van der Waals surface area contributed by atoms with Crippen molar-refractivity contribution in [2.45, 2.75) is 12.4 Å². The van der Waals surface area contributed by atoms with E-state index in [-0.39, 0.29) is 16.7 Å². The van der Waals surface area contributed by atoms with Gasteiger partial charge in [-0.1, -0.05) is 5.21 Å². The van der Waals surface area contributed by atoms with Crippen molar-refractivity contribution in [2.75, 3.05) is 5.73 Å². The fourth-order valence-electron chi connectivity index (χ4n) is 1.27. The number of aliphatic hydroxyl groups is 1. The number of nitrogens with zero attached hydrogens (tertiary/aromatic N) is 3. The molecule has 0 aliphatic heterocycles. The van der Waals surface area contributed by atoms with E-state index < -0.39 is 12.4 Å². The largest absolute Gasteiger partial charge is 0.435 e. The maximum absolute atomic E-state index is 12.3. The lowest BCUT2D eigenvalue weighted by Gasteiger charge is -2.14. The van der Waals surface area contributed by atoms with Gasteiger partial charge in [0.25, 0.3) is 0 Å². The first kappa shape index (κ1) is 10.7. The molecule has 0 radical (unpaired) electrons. The minimum Gasteiger partial charge on any atom is -0.399 e. The third-order valence-electron chi connectivity index (χ3n) is 2.02. The summed E-state index contributed by atoms with van der Waals surface area (Å²) in [4.78, 5) is 0. The van der Waals surface area contributed by atoms with Crippen LogP contribution < -0.4 is 5.73 Å². The number of aromatic nitrogens is 3. The van der Waals surface area contributed by atoms with E-state index in [0.29, 0.717) is 4.68 Å². The molecule has 16 heavy (non-hydrogen) atoms. The average Bonchev–Trinajstić information content (AvgIpc) is 2.57. The molecule has 3 N–H and O–H groups in total. The molecule has 8 heteroatoms. The lowest BCUT2D eigenvalue weighted by atomic mass is 10.3. The van der Waals surface area contributed by atoms with E-state index in [4.69, 9.17) is 10.8 Å². The third kappa shape index (κ3) is 1.67. The van der Waals surface area contributed by atoms with Crippen molar-refractivity contribution in [1.29, 1.82) is 0 Å². The summed E-state index contributed by atoms with van der Waals surface area (Å²) in [6, 6.07) is 4.18. The number of rotatable bonds is 1. The zero-order valence-corrected chi connectivity index (χ0v) is 7.81. The smallest absolute Gasteiger partial charge is 0.399 e. The predicted molar refractivity (Wildman–Crippen MR) is 49.3 cm³/mol. The molecule has 0 bridgehead atoms. The Morgan fingerprint density at radius 2 is 2.06 bits per heavy atom. The Bertz CT molecular complexity index is 521. The second-order valence-electron chi connectivity index (χ2n) is 3.20. The molecule has 1 aromatic heterocycles. The molecule has 86 valence electrons. The van der Waals surface area contributed by atoms with Crippen LogP contribution in [0.15, 0.2) is 18.2 Å². The highest BCUT2D eigenvalue weighted by molar-refractivity contribution is 5.78. The van der Waals surface area contributed by atoms with Gasteiger partial charge in [0.05, 0.1) is 5.52 Å². The van der Waals surface area contributed by atoms with Gasteiger partial charge in [-0.2, -0.15) is 13.2 Å². The van der Waals surface area contributed by atoms with Crippen LogP contribution in [0.25, 0.3) is 11.0 Å². The molecule has 0 spiro atoms. The molecule has 2 rings (SSSR count). The molecule has 5 nitrogen and oxygen atoms in total. The fraction of sp³-hybridized carbons (Fsp3) is 0.250. The van der Waals surface area contributed by atoms with Gasteiger partial charge in [-0.25, -0.2) is 4.68 Å². The number of nitrogens with two attached hydrogens (primary N) is 1. The maximum atomic E-state index is 12.3. The molecular weight excluding hydrogens is 225 g/mol. The zero-order chi connectivity index (χ0) is 11.9. The van der Waals surface area contributed by atoms with Crippen molar-refractivity contribution in [3.63, 3.8) is 0 Å². The first-order chi connectivity index (χ1) is 7.39. The number of fused-ring (bicyclic) bond motifs is 1. The molecule has 0 fully saturated rings. The van der Waals surface area contributed by atoms with E-state index >= 15 is 0 Å². The second kappa shape index (κ2) is 3.34. The molecule has 1 heterocycles. The van der Waals surface area contributed by atoms with E-state index in [0.717, 1.165) is 0 Å². The number of alkyl halides is 3. The molecule has 0 saturated heterocycles. The van der Waals surface area contributed by atoms with Crippen LogP contribution in [0.3, 0.4) is 0 Å². The van der Waals surface area contributed by atoms with E-state index in [1.54, 1.807) is 0 Å². The average molecular weight is 232 g/mol. The van der Waals surface area contributed by atoms with E-state index in [2.05, 4.69) is 10.3 Å². The quantitative estimate of drug-likeness (QED) is 0.721. The first-order valence-electron chi connectivity index (χ1n) is 4.25. The van der Waals surface area contributed by atoms with Gasteiger partial charge in [0.15, 0.2) is 0 Å². The molecule has 0 amide bonds. The Labute approximate surface area is 87.3 Å². The summed E-state index contributed by atoms with van der Waals surface area (Å²) in [6.07, 6.45) is -7.52. The van der Waals surface area contributed by atoms with Crippen LogP contribution in [0.4, 0.5) is 18.9 Å². The van der Waals surface area contributed by atoms with E-state index in [1.165, 1.54) is 18.2 Å². The fourth-order valence-corrected chi connectivity index (χ4v) is 1.27. The summed E-state index contributed by atoms with van der Waals surface area (Å²) < 4.78 is 37.2. The SMILES string of the molecule is Nc1ccc2nnn(C(O)C(F)(F)F)c2c1. The highest BCUT2D eigenvalue weighted by Crippen LogP contribution is 2.29. The van der Waals surface area contributed by atoms with Gasteiger partial charge in [0, 0.05) is 5.69 Å². The second-order valence-corrected chi connectivity index (χ2v) is 3.20. The van der Waals surface area contributed by atoms with Gasteiger partial charge in [-0.05, 0) is 18.2 Å². The molecule has 2 aromatic rings. The van der Waals surface area contributed by atoms with Gasteiger partial charge >= 0.3 is 6.18 Å². The van der Waals surface area contributed by atoms with Crippen molar-refractivity contribution >= 4 is 16.7 Å². The monoisotopic (exact) mass is 232 g/mol. The summed E-state index contributed by atoms with van der Waals surface area (Å²) in [6.45, 7) is 0. The van der Waals surface area contributed by atoms with Crippen LogP contribution in [-0.4, -0.2) is 26.3 Å². The Morgan fingerprint density at radius 1 is 1.38 bits per heavy atom. The standard InChI is InChI=1S/C8H7F3N4O/c9-8(10,11)7(16)15-6-3-4(12)1-2-5(6)13-14-15/h1-3,7,16H,12H2.